The molecule has 1 aromatic carbocycles. The van der Waals surface area contributed by atoms with E-state index < -0.39 is 0 Å². The average molecular weight is 527 g/mol. The van der Waals surface area contributed by atoms with E-state index in [9.17, 15) is 4.79 Å². The molecule has 0 atom stereocenters. The fourth-order valence-corrected chi connectivity index (χ4v) is 6.28. The van der Waals surface area contributed by atoms with Crippen LogP contribution in [-0.2, 0) is 5.41 Å². The van der Waals surface area contributed by atoms with Gasteiger partial charge < -0.3 is 19.0 Å². The lowest BCUT2D eigenvalue weighted by Crippen LogP contribution is -2.59. The summed E-state index contributed by atoms with van der Waals surface area (Å²) in [7, 11) is 3.49. The number of hydrogen-bond acceptors (Lipinski definition) is 7. The standard InChI is InChI=1S/C27H36N4O3S.C2H6/c1-6-23(32)22-9-8-21(12-24(22)33-5)27-13-20(14-27)15-31(16-27)10-7-11-35-19(3)30(4)26(28)25-18(2)29-17-34-25;1-2/h8-9,12,17,20,28H,3,6-7,10-11,13-16H2,1-2,4-5H3;1-2H3. The molecular weight excluding hydrogens is 484 g/mol. The van der Waals surface area contributed by atoms with Crippen molar-refractivity contribution >= 4 is 23.4 Å². The highest BCUT2D eigenvalue weighted by atomic mass is 32.2. The Hall–Kier alpha value is -2.58. The molecule has 202 valence electrons. The third kappa shape index (κ3) is 6.29. The second-order valence-electron chi connectivity index (χ2n) is 9.75. The first-order chi connectivity index (χ1) is 17.8. The van der Waals surface area contributed by atoms with Gasteiger partial charge in [-0.3, -0.25) is 10.2 Å². The minimum absolute atomic E-state index is 0.124. The van der Waals surface area contributed by atoms with Gasteiger partial charge in [-0.05, 0) is 56.3 Å². The average Bonchev–Trinajstić information content (AvgIpc) is 3.35. The Morgan fingerprint density at radius 2 is 2.11 bits per heavy atom. The summed E-state index contributed by atoms with van der Waals surface area (Å²) in [6, 6.07) is 6.20. The van der Waals surface area contributed by atoms with Gasteiger partial charge in [-0.25, -0.2) is 4.98 Å². The summed E-state index contributed by atoms with van der Waals surface area (Å²) in [5.74, 6) is 3.27. The van der Waals surface area contributed by atoms with Crippen molar-refractivity contribution in [3.05, 3.63) is 58.8 Å². The Labute approximate surface area is 226 Å². The lowest BCUT2D eigenvalue weighted by molar-refractivity contribution is -0.00350. The molecule has 37 heavy (non-hydrogen) atoms. The van der Waals surface area contributed by atoms with Crippen molar-refractivity contribution < 1.29 is 13.9 Å². The van der Waals surface area contributed by atoms with E-state index in [1.807, 2.05) is 40.8 Å². The molecule has 1 aromatic heterocycles. The molecule has 2 bridgehead atoms. The summed E-state index contributed by atoms with van der Waals surface area (Å²) in [6.45, 7) is 15.1. The summed E-state index contributed by atoms with van der Waals surface area (Å²) < 4.78 is 10.9. The van der Waals surface area contributed by atoms with E-state index >= 15 is 0 Å². The Balaban J connectivity index is 0.00000186. The molecule has 7 nitrogen and oxygen atoms in total. The number of carbonyl (C=O) groups excluding carboxylic acids is 1. The van der Waals surface area contributed by atoms with Crippen LogP contribution in [-0.4, -0.2) is 65.9 Å². The molecule has 5 rings (SSSR count). The van der Waals surface area contributed by atoms with Crippen LogP contribution >= 0.6 is 11.8 Å². The Morgan fingerprint density at radius 3 is 2.73 bits per heavy atom. The van der Waals surface area contributed by atoms with Crippen LogP contribution in [0.2, 0.25) is 0 Å². The number of methoxy groups -OCH3 is 1. The van der Waals surface area contributed by atoms with Crippen molar-refractivity contribution in [3.8, 4) is 5.75 Å². The van der Waals surface area contributed by atoms with Crippen molar-refractivity contribution in [1.82, 2.24) is 14.8 Å². The minimum Gasteiger partial charge on any atom is -0.496 e. The molecule has 3 fully saturated rings. The van der Waals surface area contributed by atoms with Crippen LogP contribution in [0.25, 0.3) is 0 Å². The fraction of sp³-hybridized carbons (Fsp3) is 0.552. The third-order valence-electron chi connectivity index (χ3n) is 7.39. The van der Waals surface area contributed by atoms with Crippen molar-refractivity contribution in [1.29, 1.82) is 5.41 Å². The number of amidine groups is 1. The molecule has 0 amide bonds. The molecule has 0 radical (unpaired) electrons. The van der Waals surface area contributed by atoms with E-state index in [1.165, 1.54) is 24.8 Å². The summed E-state index contributed by atoms with van der Waals surface area (Å²) >= 11 is 1.68. The molecule has 1 saturated carbocycles. The van der Waals surface area contributed by atoms with E-state index in [1.54, 1.807) is 23.8 Å². The first-order valence-electron chi connectivity index (χ1n) is 13.3. The number of oxazole rings is 1. The highest BCUT2D eigenvalue weighted by molar-refractivity contribution is 8.02. The Bertz CT molecular complexity index is 1110. The largest absolute Gasteiger partial charge is 0.496 e. The predicted molar refractivity (Wildman–Crippen MR) is 152 cm³/mol. The number of piperidine rings is 2. The molecule has 2 saturated heterocycles. The predicted octanol–water partition coefficient (Wildman–Crippen LogP) is 6.13. The zero-order valence-electron chi connectivity index (χ0n) is 23.2. The fourth-order valence-electron chi connectivity index (χ4n) is 5.48. The first kappa shape index (κ1) is 29.0. The quantitative estimate of drug-likeness (QED) is 0.163. The van der Waals surface area contributed by atoms with Crippen molar-refractivity contribution in [2.75, 3.05) is 39.5 Å². The smallest absolute Gasteiger partial charge is 0.192 e. The van der Waals surface area contributed by atoms with Gasteiger partial charge >= 0.3 is 0 Å². The number of nitrogens with one attached hydrogen (secondary N) is 1. The number of ketones is 1. The molecule has 3 aliphatic rings. The molecule has 0 spiro atoms. The van der Waals surface area contributed by atoms with E-state index in [2.05, 4.69) is 28.6 Å². The minimum atomic E-state index is 0.124. The number of Topliss-reactive ketones (excluding diaryl/α,β-unsaturated/α-hetero) is 1. The molecule has 1 aliphatic carbocycles. The van der Waals surface area contributed by atoms with Crippen LogP contribution in [0.1, 0.15) is 73.8 Å². The second-order valence-corrected chi connectivity index (χ2v) is 10.9. The van der Waals surface area contributed by atoms with Gasteiger partial charge in [0, 0.05) is 37.7 Å². The van der Waals surface area contributed by atoms with Crippen LogP contribution in [0.3, 0.4) is 0 Å². The number of rotatable bonds is 11. The SMILES string of the molecule is C=C(SCCCN1CC2CC(c3ccc(C(=O)CC)c(OC)c3)(C2)C1)N(C)C(=N)c1ocnc1C.CC. The van der Waals surface area contributed by atoms with E-state index in [-0.39, 0.29) is 17.0 Å². The lowest BCUT2D eigenvalue weighted by Gasteiger charge is -2.57. The van der Waals surface area contributed by atoms with Crippen molar-refractivity contribution in [3.63, 3.8) is 0 Å². The molecule has 8 heteroatoms. The number of benzene rings is 1. The van der Waals surface area contributed by atoms with Crippen LogP contribution in [0.5, 0.6) is 5.75 Å². The van der Waals surface area contributed by atoms with Gasteiger partial charge in [-0.1, -0.05) is 33.4 Å². The zero-order valence-corrected chi connectivity index (χ0v) is 24.0. The second kappa shape index (κ2) is 12.8. The monoisotopic (exact) mass is 526 g/mol. The summed E-state index contributed by atoms with van der Waals surface area (Å²) in [4.78, 5) is 20.7. The Morgan fingerprint density at radius 1 is 1.38 bits per heavy atom. The summed E-state index contributed by atoms with van der Waals surface area (Å²) in [5, 5.41) is 9.18. The van der Waals surface area contributed by atoms with Crippen molar-refractivity contribution in [2.45, 2.75) is 58.8 Å². The number of aromatic nitrogens is 1. The lowest BCUT2D eigenvalue weighted by atomic mass is 9.55. The molecule has 1 N–H and O–H groups in total. The zero-order chi connectivity index (χ0) is 27.2. The van der Waals surface area contributed by atoms with Gasteiger partial charge in [0.15, 0.2) is 23.8 Å². The van der Waals surface area contributed by atoms with Gasteiger partial charge in [0.05, 0.1) is 23.4 Å². The van der Waals surface area contributed by atoms with Crippen LogP contribution in [0, 0.1) is 18.3 Å². The number of thioether (sulfide) groups is 1. The molecule has 2 aromatic rings. The molecule has 3 heterocycles. The number of hydrogen-bond donors (Lipinski definition) is 1. The third-order valence-corrected chi connectivity index (χ3v) is 8.49. The normalized spacial score (nSPS) is 20.3. The topological polar surface area (TPSA) is 82.7 Å². The summed E-state index contributed by atoms with van der Waals surface area (Å²) in [6.07, 6.45) is 5.34. The Kier molecular flexibility index (Phi) is 10.0. The number of aryl methyl sites for hydroxylation is 1. The first-order valence-corrected chi connectivity index (χ1v) is 14.2. The highest BCUT2D eigenvalue weighted by Gasteiger charge is 2.50. The maximum atomic E-state index is 12.3. The van der Waals surface area contributed by atoms with Gasteiger partial charge in [-0.2, -0.15) is 0 Å². The molecular formula is C29H42N4O3S. The number of nitrogens with zero attached hydrogens (tertiary/aromatic N) is 3. The van der Waals surface area contributed by atoms with Crippen LogP contribution in [0.4, 0.5) is 0 Å². The van der Waals surface area contributed by atoms with Gasteiger partial charge in [0.2, 0.25) is 0 Å². The van der Waals surface area contributed by atoms with Crippen LogP contribution in [0.15, 0.2) is 40.6 Å². The van der Waals surface area contributed by atoms with Gasteiger partial charge in [0.25, 0.3) is 0 Å². The number of fused-ring (bicyclic) bond motifs is 2. The maximum Gasteiger partial charge on any atom is 0.192 e. The maximum absolute atomic E-state index is 12.3. The number of carbonyl (C=O) groups is 1. The highest BCUT2D eigenvalue weighted by Crippen LogP contribution is 2.52. The van der Waals surface area contributed by atoms with Gasteiger partial charge in [-0.15, -0.1) is 11.8 Å². The molecule has 2 aliphatic heterocycles. The number of ether oxygens (including phenoxy) is 1. The van der Waals surface area contributed by atoms with Crippen LogP contribution < -0.4 is 4.74 Å². The van der Waals surface area contributed by atoms with E-state index in [0.29, 0.717) is 29.2 Å². The van der Waals surface area contributed by atoms with Gasteiger partial charge in [0.1, 0.15) is 5.75 Å². The van der Waals surface area contributed by atoms with Crippen molar-refractivity contribution in [2.24, 2.45) is 5.92 Å². The van der Waals surface area contributed by atoms with E-state index in [0.717, 1.165) is 42.8 Å². The molecule has 0 unspecified atom stereocenters. The van der Waals surface area contributed by atoms with E-state index in [4.69, 9.17) is 14.6 Å². The summed E-state index contributed by atoms with van der Waals surface area (Å²) in [5.41, 5.74) is 2.87.